The summed E-state index contributed by atoms with van der Waals surface area (Å²) in [5, 5.41) is 5.44. The summed E-state index contributed by atoms with van der Waals surface area (Å²) in [6.45, 7) is 5.95. The molecule has 0 aliphatic heterocycles. The van der Waals surface area contributed by atoms with Crippen LogP contribution in [0.3, 0.4) is 0 Å². The third-order valence-corrected chi connectivity index (χ3v) is 4.97. The molecular formula is C22H21BN4O. The van der Waals surface area contributed by atoms with E-state index in [1.807, 2.05) is 51.1 Å². The van der Waals surface area contributed by atoms with Crippen LogP contribution in [0.2, 0.25) is 0 Å². The SMILES string of the molecule is [B]c1ccc2nc(Nc3cc(C(C)(C)N)ccc3C)c3cc[nH]c(=O)c3c2c1. The molecule has 0 fully saturated rings. The molecule has 6 heteroatoms. The second kappa shape index (κ2) is 6.50. The van der Waals surface area contributed by atoms with Gasteiger partial charge in [0.1, 0.15) is 13.7 Å². The van der Waals surface area contributed by atoms with Crippen LogP contribution in [-0.2, 0) is 5.54 Å². The Hall–Kier alpha value is -3.12. The molecule has 0 saturated heterocycles. The fourth-order valence-corrected chi connectivity index (χ4v) is 3.36. The van der Waals surface area contributed by atoms with Gasteiger partial charge in [-0.05, 0) is 50.1 Å². The summed E-state index contributed by atoms with van der Waals surface area (Å²) >= 11 is 0. The summed E-state index contributed by atoms with van der Waals surface area (Å²) in [6, 6.07) is 13.3. The number of H-pyrrole nitrogens is 1. The molecule has 5 nitrogen and oxygen atoms in total. The molecule has 4 aromatic rings. The topological polar surface area (TPSA) is 83.8 Å². The molecule has 2 aromatic heterocycles. The van der Waals surface area contributed by atoms with Gasteiger partial charge in [0.15, 0.2) is 0 Å². The van der Waals surface area contributed by atoms with Gasteiger partial charge >= 0.3 is 0 Å². The number of nitrogens with two attached hydrogens (primary N) is 1. The van der Waals surface area contributed by atoms with Crippen molar-refractivity contribution in [3.63, 3.8) is 0 Å². The number of fused-ring (bicyclic) bond motifs is 3. The minimum absolute atomic E-state index is 0.174. The molecule has 0 aliphatic rings. The molecule has 28 heavy (non-hydrogen) atoms. The average Bonchev–Trinajstić information content (AvgIpc) is 2.63. The van der Waals surface area contributed by atoms with E-state index in [-0.39, 0.29) is 5.56 Å². The number of nitrogens with zero attached hydrogens (tertiary/aromatic N) is 1. The molecule has 0 amide bonds. The molecule has 0 bridgehead atoms. The highest BCUT2D eigenvalue weighted by atomic mass is 16.1. The number of anilines is 2. The summed E-state index contributed by atoms with van der Waals surface area (Å²) in [5.74, 6) is 0.619. The fourth-order valence-electron chi connectivity index (χ4n) is 3.36. The summed E-state index contributed by atoms with van der Waals surface area (Å²) in [5.41, 5.74) is 9.90. The summed E-state index contributed by atoms with van der Waals surface area (Å²) in [6.07, 6.45) is 1.63. The Morgan fingerprint density at radius 2 is 1.89 bits per heavy atom. The van der Waals surface area contributed by atoms with Crippen LogP contribution >= 0.6 is 0 Å². The minimum Gasteiger partial charge on any atom is -0.339 e. The number of nitrogens with one attached hydrogen (secondary N) is 2. The molecule has 138 valence electrons. The second-order valence-electron chi connectivity index (χ2n) is 7.71. The molecule has 2 heterocycles. The first kappa shape index (κ1) is 18.3. The van der Waals surface area contributed by atoms with Crippen LogP contribution in [0.4, 0.5) is 11.5 Å². The van der Waals surface area contributed by atoms with Crippen molar-refractivity contribution in [1.82, 2.24) is 9.97 Å². The highest BCUT2D eigenvalue weighted by Gasteiger charge is 2.17. The number of aromatic nitrogens is 2. The van der Waals surface area contributed by atoms with Crippen molar-refractivity contribution >= 4 is 46.5 Å². The van der Waals surface area contributed by atoms with Crippen molar-refractivity contribution in [1.29, 1.82) is 0 Å². The predicted molar refractivity (Wildman–Crippen MR) is 117 cm³/mol. The van der Waals surface area contributed by atoms with Gasteiger partial charge in [0, 0.05) is 28.2 Å². The van der Waals surface area contributed by atoms with Crippen LogP contribution in [-0.4, -0.2) is 17.8 Å². The lowest BCUT2D eigenvalue weighted by atomic mass is 9.93. The first-order valence-corrected chi connectivity index (χ1v) is 9.12. The molecule has 4 rings (SSSR count). The largest absolute Gasteiger partial charge is 0.339 e. The monoisotopic (exact) mass is 368 g/mol. The van der Waals surface area contributed by atoms with E-state index < -0.39 is 5.54 Å². The summed E-state index contributed by atoms with van der Waals surface area (Å²) in [7, 11) is 5.94. The normalized spacial score (nSPS) is 11.9. The number of aryl methyl sites for hydroxylation is 1. The number of hydrogen-bond acceptors (Lipinski definition) is 4. The molecule has 4 N–H and O–H groups in total. The predicted octanol–water partition coefficient (Wildman–Crippen LogP) is 3.12. The van der Waals surface area contributed by atoms with Crippen molar-refractivity contribution in [2.45, 2.75) is 26.3 Å². The smallest absolute Gasteiger partial charge is 0.256 e. The van der Waals surface area contributed by atoms with E-state index in [0.29, 0.717) is 22.2 Å². The van der Waals surface area contributed by atoms with Crippen molar-refractivity contribution in [2.24, 2.45) is 5.73 Å². The molecule has 0 saturated carbocycles. The molecule has 0 atom stereocenters. The van der Waals surface area contributed by atoms with Crippen molar-refractivity contribution < 1.29 is 0 Å². The molecule has 0 aliphatic carbocycles. The number of hydrogen-bond donors (Lipinski definition) is 3. The number of aromatic amines is 1. The van der Waals surface area contributed by atoms with Crippen LogP contribution in [0.15, 0.2) is 53.5 Å². The van der Waals surface area contributed by atoms with Gasteiger partial charge in [-0.2, -0.15) is 0 Å². The van der Waals surface area contributed by atoms with E-state index in [4.69, 9.17) is 18.6 Å². The van der Waals surface area contributed by atoms with Gasteiger partial charge < -0.3 is 16.0 Å². The first-order chi connectivity index (χ1) is 13.2. The van der Waals surface area contributed by atoms with Gasteiger partial charge in [-0.15, -0.1) is 0 Å². The fraction of sp³-hybridized carbons (Fsp3) is 0.182. The van der Waals surface area contributed by atoms with Gasteiger partial charge in [0.05, 0.1) is 10.9 Å². The lowest BCUT2D eigenvalue weighted by molar-refractivity contribution is 0.554. The summed E-state index contributed by atoms with van der Waals surface area (Å²) < 4.78 is 0. The third-order valence-electron chi connectivity index (χ3n) is 4.97. The molecule has 2 radical (unpaired) electrons. The Morgan fingerprint density at radius 3 is 2.64 bits per heavy atom. The lowest BCUT2D eigenvalue weighted by Crippen LogP contribution is -2.28. The van der Waals surface area contributed by atoms with Crippen LogP contribution in [0.5, 0.6) is 0 Å². The van der Waals surface area contributed by atoms with Crippen molar-refractivity contribution in [2.75, 3.05) is 5.32 Å². The molecule has 0 unspecified atom stereocenters. The molecular weight excluding hydrogens is 347 g/mol. The van der Waals surface area contributed by atoms with E-state index in [2.05, 4.69) is 10.3 Å². The second-order valence-corrected chi connectivity index (χ2v) is 7.71. The van der Waals surface area contributed by atoms with E-state index in [0.717, 1.165) is 27.6 Å². The third kappa shape index (κ3) is 3.16. The highest BCUT2D eigenvalue weighted by Crippen LogP contribution is 2.31. The summed E-state index contributed by atoms with van der Waals surface area (Å²) in [4.78, 5) is 20.1. The van der Waals surface area contributed by atoms with Crippen LogP contribution < -0.4 is 22.1 Å². The van der Waals surface area contributed by atoms with Gasteiger partial charge in [0.2, 0.25) is 0 Å². The van der Waals surface area contributed by atoms with Crippen LogP contribution in [0, 0.1) is 6.92 Å². The van der Waals surface area contributed by atoms with Gasteiger partial charge in [-0.1, -0.05) is 29.7 Å². The van der Waals surface area contributed by atoms with E-state index >= 15 is 0 Å². The van der Waals surface area contributed by atoms with Crippen LogP contribution in [0.1, 0.15) is 25.0 Å². The quantitative estimate of drug-likeness (QED) is 0.383. The van der Waals surface area contributed by atoms with Gasteiger partial charge in [-0.25, -0.2) is 4.98 Å². The molecule has 2 aromatic carbocycles. The van der Waals surface area contributed by atoms with Gasteiger partial charge in [-0.3, -0.25) is 4.79 Å². The van der Waals surface area contributed by atoms with Crippen molar-refractivity contribution in [3.8, 4) is 0 Å². The number of rotatable bonds is 3. The van der Waals surface area contributed by atoms with Gasteiger partial charge in [0.25, 0.3) is 5.56 Å². The zero-order chi connectivity index (χ0) is 20.1. The lowest BCUT2D eigenvalue weighted by Gasteiger charge is -2.21. The Kier molecular flexibility index (Phi) is 4.24. The number of benzene rings is 2. The van der Waals surface area contributed by atoms with Crippen molar-refractivity contribution in [3.05, 3.63) is 70.1 Å². The van der Waals surface area contributed by atoms with Crippen LogP contribution in [0.25, 0.3) is 21.7 Å². The van der Waals surface area contributed by atoms with E-state index in [1.54, 1.807) is 18.3 Å². The first-order valence-electron chi connectivity index (χ1n) is 9.12. The maximum atomic E-state index is 12.6. The Balaban J connectivity index is 1.96. The zero-order valence-corrected chi connectivity index (χ0v) is 16.1. The zero-order valence-electron chi connectivity index (χ0n) is 16.1. The average molecular weight is 368 g/mol. The maximum absolute atomic E-state index is 12.6. The minimum atomic E-state index is -0.461. The van der Waals surface area contributed by atoms with E-state index in [9.17, 15) is 4.79 Å². The highest BCUT2D eigenvalue weighted by molar-refractivity contribution is 6.33. The molecule has 0 spiro atoms. The Morgan fingerprint density at radius 1 is 1.11 bits per heavy atom. The van der Waals surface area contributed by atoms with E-state index in [1.165, 1.54) is 0 Å². The Labute approximate surface area is 164 Å². The maximum Gasteiger partial charge on any atom is 0.256 e. The standard InChI is InChI=1S/C22H21BN4O/c1-12-4-5-13(22(2,3)24)10-18(12)27-20-15-8-9-25-21(28)19(15)16-11-14(23)6-7-17(16)26-20/h4-11H,24H2,1-3H3,(H,25,28)(H,26,27). The number of pyridine rings is 2. The Bertz CT molecular complexity index is 1270.